The fourth-order valence-corrected chi connectivity index (χ4v) is 4.14. The summed E-state index contributed by atoms with van der Waals surface area (Å²) in [5.74, 6) is 1.81. The summed E-state index contributed by atoms with van der Waals surface area (Å²) in [7, 11) is 0. The second-order valence-corrected chi connectivity index (χ2v) is 8.84. The normalized spacial score (nSPS) is 11.2. The Morgan fingerprint density at radius 2 is 2.03 bits per heavy atom. The lowest BCUT2D eigenvalue weighted by molar-refractivity contribution is 0.307. The van der Waals surface area contributed by atoms with Crippen LogP contribution in [0.15, 0.2) is 65.1 Å². The monoisotopic (exact) mass is 532 g/mol. The first-order chi connectivity index (χ1) is 17.9. The Morgan fingerprint density at radius 1 is 1.19 bits per heavy atom. The molecule has 0 saturated carbocycles. The number of H-pyrrole nitrogens is 1. The predicted molar refractivity (Wildman–Crippen MR) is 145 cm³/mol. The number of hydrogen-bond donors (Lipinski definition) is 1. The highest BCUT2D eigenvalue weighted by Gasteiger charge is 2.17. The summed E-state index contributed by atoms with van der Waals surface area (Å²) in [6.45, 7) is 7.53. The Hall–Kier alpha value is -4.19. The van der Waals surface area contributed by atoms with Gasteiger partial charge in [0.05, 0.1) is 23.3 Å². The van der Waals surface area contributed by atoms with Crippen molar-refractivity contribution in [1.29, 1.82) is 5.26 Å². The summed E-state index contributed by atoms with van der Waals surface area (Å²) < 4.78 is 12.0. The van der Waals surface area contributed by atoms with Crippen LogP contribution < -0.4 is 4.74 Å². The molecule has 0 fully saturated rings. The first kappa shape index (κ1) is 25.9. The van der Waals surface area contributed by atoms with Crippen LogP contribution in [0, 0.1) is 25.2 Å². The summed E-state index contributed by atoms with van der Waals surface area (Å²) in [5, 5.41) is 17.7. The first-order valence-corrected chi connectivity index (χ1v) is 12.0. The van der Waals surface area contributed by atoms with Crippen LogP contribution in [0.3, 0.4) is 0 Å². The Bertz CT molecular complexity index is 1510. The molecule has 0 saturated heterocycles. The maximum absolute atomic E-state index is 9.21. The van der Waals surface area contributed by atoms with Crippen molar-refractivity contribution in [2.45, 2.75) is 20.3 Å². The summed E-state index contributed by atoms with van der Waals surface area (Å²) in [6, 6.07) is 14.3. The third kappa shape index (κ3) is 6.15. The van der Waals surface area contributed by atoms with Gasteiger partial charge in [0.2, 0.25) is 0 Å². The SMILES string of the molecule is C=N/N=C(\OCCc1ccc(Cl)c(Oc2cc(Cl)cc(C#N)c2)c1C)c1nc(-c2cccnc2)[nH]c1C. The molecule has 4 rings (SSSR count). The average molecular weight is 533 g/mol. The fraction of sp³-hybridized carbons (Fsp3) is 0.148. The second kappa shape index (κ2) is 11.7. The van der Waals surface area contributed by atoms with E-state index < -0.39 is 0 Å². The molecule has 4 aromatic rings. The van der Waals surface area contributed by atoms with Crippen molar-refractivity contribution in [2.24, 2.45) is 10.2 Å². The lowest BCUT2D eigenvalue weighted by Crippen LogP contribution is -2.12. The highest BCUT2D eigenvalue weighted by Crippen LogP contribution is 2.36. The topological polar surface area (TPSA) is 109 Å². The number of imidazole rings is 1. The van der Waals surface area contributed by atoms with Gasteiger partial charge in [0.15, 0.2) is 0 Å². The predicted octanol–water partition coefficient (Wildman–Crippen LogP) is 6.68. The van der Waals surface area contributed by atoms with Gasteiger partial charge in [-0.2, -0.15) is 10.4 Å². The van der Waals surface area contributed by atoms with Crippen molar-refractivity contribution in [2.75, 3.05) is 6.61 Å². The van der Waals surface area contributed by atoms with Crippen LogP contribution in [0.4, 0.5) is 0 Å². The Morgan fingerprint density at radius 3 is 2.76 bits per heavy atom. The number of aryl methyl sites for hydroxylation is 1. The molecule has 0 aliphatic heterocycles. The quantitative estimate of drug-likeness (QED) is 0.154. The number of ether oxygens (including phenoxy) is 2. The van der Waals surface area contributed by atoms with Crippen molar-refractivity contribution in [1.82, 2.24) is 15.0 Å². The molecule has 37 heavy (non-hydrogen) atoms. The minimum absolute atomic E-state index is 0.255. The molecule has 0 bridgehead atoms. The van der Waals surface area contributed by atoms with Gasteiger partial charge in [0, 0.05) is 41.8 Å². The third-order valence-electron chi connectivity index (χ3n) is 5.48. The molecular formula is C27H22Cl2N6O2. The van der Waals surface area contributed by atoms with Crippen molar-refractivity contribution in [3.8, 4) is 29.0 Å². The van der Waals surface area contributed by atoms with E-state index in [1.54, 1.807) is 36.7 Å². The van der Waals surface area contributed by atoms with Gasteiger partial charge >= 0.3 is 0 Å². The molecule has 0 aliphatic carbocycles. The standard InChI is InChI=1S/C27H22Cl2N6O2/c1-16-19(6-7-23(29)25(16)37-22-12-18(14-30)11-21(28)13-22)8-10-36-27(35-31-3)24-17(2)33-26(34-24)20-5-4-9-32-15-20/h4-7,9,11-13,15H,3,8,10H2,1-2H3,(H,33,34)/b35-27-. The summed E-state index contributed by atoms with van der Waals surface area (Å²) >= 11 is 12.5. The zero-order chi connectivity index (χ0) is 26.4. The molecule has 1 N–H and O–H groups in total. The van der Waals surface area contributed by atoms with Crippen molar-refractivity contribution in [3.05, 3.63) is 93.0 Å². The van der Waals surface area contributed by atoms with E-state index in [0.29, 0.717) is 51.7 Å². The summed E-state index contributed by atoms with van der Waals surface area (Å²) in [4.78, 5) is 12.0. The molecule has 0 unspecified atom stereocenters. The van der Waals surface area contributed by atoms with E-state index in [1.807, 2.05) is 32.0 Å². The van der Waals surface area contributed by atoms with E-state index >= 15 is 0 Å². The lowest BCUT2D eigenvalue weighted by Gasteiger charge is -2.15. The molecule has 8 nitrogen and oxygen atoms in total. The van der Waals surface area contributed by atoms with Crippen LogP contribution in [-0.4, -0.2) is 34.2 Å². The van der Waals surface area contributed by atoms with E-state index in [1.165, 1.54) is 0 Å². The zero-order valence-corrected chi connectivity index (χ0v) is 21.6. The molecule has 0 amide bonds. The van der Waals surface area contributed by atoms with E-state index in [2.05, 4.69) is 37.9 Å². The number of nitriles is 1. The van der Waals surface area contributed by atoms with Gasteiger partial charge in [-0.1, -0.05) is 29.3 Å². The zero-order valence-electron chi connectivity index (χ0n) is 20.1. The van der Waals surface area contributed by atoms with E-state index in [0.717, 1.165) is 22.4 Å². The number of hydrogen-bond acceptors (Lipinski definition) is 7. The minimum atomic E-state index is 0.255. The summed E-state index contributed by atoms with van der Waals surface area (Å²) in [6.07, 6.45) is 3.96. The molecule has 186 valence electrons. The number of nitrogens with zero attached hydrogens (tertiary/aromatic N) is 5. The Labute approximate surface area is 224 Å². The number of aromatic nitrogens is 3. The van der Waals surface area contributed by atoms with Crippen LogP contribution in [0.2, 0.25) is 10.0 Å². The van der Waals surface area contributed by atoms with E-state index in [9.17, 15) is 5.26 Å². The number of halogens is 2. The number of benzene rings is 2. The van der Waals surface area contributed by atoms with Crippen LogP contribution in [0.1, 0.15) is 28.1 Å². The van der Waals surface area contributed by atoms with Crippen LogP contribution in [0.25, 0.3) is 11.4 Å². The fourth-order valence-electron chi connectivity index (χ4n) is 3.67. The highest BCUT2D eigenvalue weighted by atomic mass is 35.5. The maximum Gasteiger partial charge on any atom is 0.261 e. The molecular weight excluding hydrogens is 511 g/mol. The number of nitrogens with one attached hydrogen (secondary N) is 1. The van der Waals surface area contributed by atoms with Gasteiger partial charge in [-0.15, -0.1) is 5.10 Å². The highest BCUT2D eigenvalue weighted by molar-refractivity contribution is 6.32. The minimum Gasteiger partial charge on any atom is -0.475 e. The van der Waals surface area contributed by atoms with Crippen molar-refractivity contribution >= 4 is 35.8 Å². The molecule has 2 heterocycles. The van der Waals surface area contributed by atoms with E-state index in [4.69, 9.17) is 32.7 Å². The van der Waals surface area contributed by atoms with Gasteiger partial charge < -0.3 is 14.5 Å². The van der Waals surface area contributed by atoms with Gasteiger partial charge in [-0.05, 0) is 61.4 Å². The van der Waals surface area contributed by atoms with Gasteiger partial charge in [-0.3, -0.25) is 4.98 Å². The Balaban J connectivity index is 1.50. The number of aromatic amines is 1. The molecule has 0 atom stereocenters. The Kier molecular flexibility index (Phi) is 8.18. The molecule has 2 aromatic heterocycles. The maximum atomic E-state index is 9.21. The molecule has 10 heteroatoms. The number of pyridine rings is 1. The number of rotatable bonds is 8. The van der Waals surface area contributed by atoms with Gasteiger partial charge in [-0.25, -0.2) is 4.98 Å². The van der Waals surface area contributed by atoms with Gasteiger partial charge in [0.25, 0.3) is 5.90 Å². The third-order valence-corrected chi connectivity index (χ3v) is 6.00. The van der Waals surface area contributed by atoms with E-state index in [-0.39, 0.29) is 5.90 Å². The van der Waals surface area contributed by atoms with Crippen LogP contribution >= 0.6 is 23.2 Å². The van der Waals surface area contributed by atoms with Crippen molar-refractivity contribution < 1.29 is 9.47 Å². The molecule has 0 aliphatic rings. The first-order valence-electron chi connectivity index (χ1n) is 11.2. The summed E-state index contributed by atoms with van der Waals surface area (Å²) in [5.41, 5.74) is 4.35. The van der Waals surface area contributed by atoms with Crippen LogP contribution in [-0.2, 0) is 11.2 Å². The lowest BCUT2D eigenvalue weighted by atomic mass is 10.1. The average Bonchev–Trinajstić information content (AvgIpc) is 3.28. The second-order valence-electron chi connectivity index (χ2n) is 8.00. The molecule has 0 spiro atoms. The smallest absolute Gasteiger partial charge is 0.261 e. The van der Waals surface area contributed by atoms with Gasteiger partial charge in [0.1, 0.15) is 23.0 Å². The van der Waals surface area contributed by atoms with Crippen LogP contribution in [0.5, 0.6) is 11.5 Å². The molecule has 2 aromatic carbocycles. The van der Waals surface area contributed by atoms with Crippen molar-refractivity contribution in [3.63, 3.8) is 0 Å². The largest absolute Gasteiger partial charge is 0.475 e. The molecule has 0 radical (unpaired) electrons.